The molecule has 1 heterocycles. The lowest BCUT2D eigenvalue weighted by molar-refractivity contribution is 0.0976. The predicted molar refractivity (Wildman–Crippen MR) is 103 cm³/mol. The zero-order chi connectivity index (χ0) is 17.8. The summed E-state index contributed by atoms with van der Waals surface area (Å²) in [5.41, 5.74) is 5.34. The van der Waals surface area contributed by atoms with Crippen LogP contribution >= 0.6 is 23.8 Å². The summed E-state index contributed by atoms with van der Waals surface area (Å²) in [6, 6.07) is 14.2. The Labute approximate surface area is 154 Å². The molecule has 0 atom stereocenters. The second-order valence-corrected chi connectivity index (χ2v) is 6.05. The van der Waals surface area contributed by atoms with Crippen molar-refractivity contribution in [2.75, 3.05) is 0 Å². The third-order valence-corrected chi connectivity index (χ3v) is 3.80. The minimum absolute atomic E-state index is 0.104. The fraction of sp³-hybridized carbons (Fsp3) is 0.0588. The van der Waals surface area contributed by atoms with Gasteiger partial charge in [0.1, 0.15) is 5.71 Å². The Morgan fingerprint density at radius 2 is 2.00 bits per heavy atom. The maximum absolute atomic E-state index is 12.0. The minimum atomic E-state index is -0.302. The van der Waals surface area contributed by atoms with Gasteiger partial charge in [-0.15, -0.1) is 0 Å². The molecule has 0 radical (unpaired) electrons. The number of benzene rings is 2. The molecule has 0 aliphatic rings. The van der Waals surface area contributed by atoms with Crippen molar-refractivity contribution in [2.24, 2.45) is 5.10 Å². The highest BCUT2D eigenvalue weighted by Crippen LogP contribution is 2.17. The Hall–Kier alpha value is -2.77. The van der Waals surface area contributed by atoms with Gasteiger partial charge < -0.3 is 4.98 Å². The number of halogens is 1. The van der Waals surface area contributed by atoms with E-state index < -0.39 is 0 Å². The molecule has 0 fully saturated rings. The topological polar surface area (TPSA) is 82.2 Å². The number of rotatable bonds is 3. The molecule has 1 amide bonds. The molecule has 3 rings (SSSR count). The van der Waals surface area contributed by atoms with Crippen LogP contribution in [0.15, 0.2) is 53.6 Å². The van der Waals surface area contributed by atoms with Gasteiger partial charge in [-0.25, -0.2) is 4.98 Å². The molecule has 0 spiro atoms. The van der Waals surface area contributed by atoms with Crippen LogP contribution in [0.1, 0.15) is 23.1 Å². The Morgan fingerprint density at radius 1 is 1.24 bits per heavy atom. The van der Waals surface area contributed by atoms with E-state index in [1.807, 2.05) is 12.1 Å². The molecule has 126 valence electrons. The van der Waals surface area contributed by atoms with Gasteiger partial charge in [0.15, 0.2) is 10.9 Å². The third-order valence-electron chi connectivity index (χ3n) is 3.37. The normalized spacial score (nSPS) is 11.4. The number of hydrogen-bond acceptors (Lipinski definition) is 4. The van der Waals surface area contributed by atoms with E-state index in [1.165, 1.54) is 0 Å². The van der Waals surface area contributed by atoms with E-state index in [2.05, 4.69) is 25.8 Å². The number of nitrogens with zero attached hydrogens (tertiary/aromatic N) is 2. The standard InChI is InChI=1S/C17H14ClN5OS/c1-10(15-19-13-8-7-12(18)9-14(13)20-15)22-23-17(25)21-16(24)11-5-3-2-4-6-11/h2-9H,1H3,(H,19,20)(H2,21,23,24,25)/b22-10+. The molecule has 3 aromatic rings. The lowest BCUT2D eigenvalue weighted by Gasteiger charge is -2.06. The van der Waals surface area contributed by atoms with Crippen molar-refractivity contribution in [3.05, 3.63) is 64.9 Å². The molecule has 3 N–H and O–H groups in total. The van der Waals surface area contributed by atoms with Gasteiger partial charge in [-0.3, -0.25) is 15.5 Å². The fourth-order valence-electron chi connectivity index (χ4n) is 2.13. The van der Waals surface area contributed by atoms with Crippen LogP contribution < -0.4 is 10.7 Å². The SMILES string of the molecule is C/C(=N\NC(=S)NC(=O)c1ccccc1)c1nc2ccc(Cl)cc2[nH]1. The number of hydrogen-bond donors (Lipinski definition) is 3. The summed E-state index contributed by atoms with van der Waals surface area (Å²) in [6.07, 6.45) is 0. The van der Waals surface area contributed by atoms with Crippen LogP contribution in [0, 0.1) is 0 Å². The average Bonchev–Trinajstić information content (AvgIpc) is 3.03. The highest BCUT2D eigenvalue weighted by atomic mass is 35.5. The van der Waals surface area contributed by atoms with E-state index in [4.69, 9.17) is 23.8 Å². The lowest BCUT2D eigenvalue weighted by atomic mass is 10.2. The van der Waals surface area contributed by atoms with Crippen LogP contribution in [0.3, 0.4) is 0 Å². The number of carbonyl (C=O) groups is 1. The van der Waals surface area contributed by atoms with Crippen molar-refractivity contribution < 1.29 is 4.79 Å². The number of amides is 1. The number of H-pyrrole nitrogens is 1. The quantitative estimate of drug-likeness (QED) is 0.375. The van der Waals surface area contributed by atoms with Gasteiger partial charge in [-0.1, -0.05) is 29.8 Å². The number of nitrogens with one attached hydrogen (secondary N) is 3. The van der Waals surface area contributed by atoms with Crippen LogP contribution in [0.25, 0.3) is 11.0 Å². The number of hydrazone groups is 1. The van der Waals surface area contributed by atoms with Gasteiger partial charge in [0.2, 0.25) is 0 Å². The molecule has 1 aromatic heterocycles. The molecule has 0 aliphatic heterocycles. The number of aromatic amines is 1. The molecule has 0 aliphatic carbocycles. The second-order valence-electron chi connectivity index (χ2n) is 5.21. The lowest BCUT2D eigenvalue weighted by Crippen LogP contribution is -2.37. The molecular weight excluding hydrogens is 358 g/mol. The number of thiocarbonyl (C=S) groups is 1. The van der Waals surface area contributed by atoms with E-state index in [1.54, 1.807) is 43.3 Å². The maximum atomic E-state index is 12.0. The first-order valence-corrected chi connectivity index (χ1v) is 8.18. The molecule has 2 aromatic carbocycles. The molecular formula is C17H14ClN5OS. The monoisotopic (exact) mass is 371 g/mol. The van der Waals surface area contributed by atoms with Crippen molar-refractivity contribution in [1.29, 1.82) is 0 Å². The predicted octanol–water partition coefficient (Wildman–Crippen LogP) is 3.24. The maximum Gasteiger partial charge on any atom is 0.257 e. The Bertz CT molecular complexity index is 968. The molecule has 8 heteroatoms. The third kappa shape index (κ3) is 4.20. The van der Waals surface area contributed by atoms with Crippen LogP contribution in [-0.4, -0.2) is 26.7 Å². The van der Waals surface area contributed by atoms with Gasteiger partial charge >= 0.3 is 0 Å². The van der Waals surface area contributed by atoms with E-state index in [0.29, 0.717) is 22.1 Å². The minimum Gasteiger partial charge on any atom is -0.337 e. The van der Waals surface area contributed by atoms with Crippen LogP contribution in [0.5, 0.6) is 0 Å². The first-order chi connectivity index (χ1) is 12.0. The Morgan fingerprint density at radius 3 is 2.76 bits per heavy atom. The van der Waals surface area contributed by atoms with Crippen molar-refractivity contribution in [3.8, 4) is 0 Å². The Kier molecular flexibility index (Phi) is 5.06. The highest BCUT2D eigenvalue weighted by Gasteiger charge is 2.08. The average molecular weight is 372 g/mol. The fourth-order valence-corrected chi connectivity index (χ4v) is 2.44. The van der Waals surface area contributed by atoms with E-state index in [-0.39, 0.29) is 11.0 Å². The van der Waals surface area contributed by atoms with Crippen LogP contribution in [0.4, 0.5) is 0 Å². The van der Waals surface area contributed by atoms with Gasteiger partial charge in [0, 0.05) is 10.6 Å². The molecule has 0 bridgehead atoms. The van der Waals surface area contributed by atoms with Gasteiger partial charge in [0.25, 0.3) is 5.91 Å². The Balaban J connectivity index is 1.65. The second kappa shape index (κ2) is 7.42. The zero-order valence-corrected chi connectivity index (χ0v) is 14.8. The smallest absolute Gasteiger partial charge is 0.257 e. The molecule has 25 heavy (non-hydrogen) atoms. The van der Waals surface area contributed by atoms with E-state index >= 15 is 0 Å². The van der Waals surface area contributed by atoms with E-state index in [0.717, 1.165) is 11.0 Å². The van der Waals surface area contributed by atoms with Crippen molar-refractivity contribution in [1.82, 2.24) is 20.7 Å². The van der Waals surface area contributed by atoms with Crippen molar-refractivity contribution >= 4 is 51.6 Å². The summed E-state index contributed by atoms with van der Waals surface area (Å²) in [6.45, 7) is 1.77. The van der Waals surface area contributed by atoms with Gasteiger partial charge in [-0.2, -0.15) is 5.10 Å². The first kappa shape index (κ1) is 17.1. The number of imidazole rings is 1. The molecule has 6 nitrogen and oxygen atoms in total. The van der Waals surface area contributed by atoms with Crippen molar-refractivity contribution in [2.45, 2.75) is 6.92 Å². The summed E-state index contributed by atoms with van der Waals surface area (Å²) < 4.78 is 0. The van der Waals surface area contributed by atoms with Gasteiger partial charge in [0.05, 0.1) is 11.0 Å². The van der Waals surface area contributed by atoms with Gasteiger partial charge in [-0.05, 0) is 49.5 Å². The summed E-state index contributed by atoms with van der Waals surface area (Å²) >= 11 is 11.0. The molecule has 0 saturated carbocycles. The van der Waals surface area contributed by atoms with Crippen LogP contribution in [-0.2, 0) is 0 Å². The van der Waals surface area contributed by atoms with E-state index in [9.17, 15) is 4.79 Å². The highest BCUT2D eigenvalue weighted by molar-refractivity contribution is 7.80. The molecule has 0 unspecified atom stereocenters. The zero-order valence-electron chi connectivity index (χ0n) is 13.2. The summed E-state index contributed by atoms with van der Waals surface area (Å²) in [5.74, 6) is 0.284. The molecule has 0 saturated heterocycles. The summed E-state index contributed by atoms with van der Waals surface area (Å²) in [7, 11) is 0. The summed E-state index contributed by atoms with van der Waals surface area (Å²) in [5, 5.41) is 7.44. The number of carbonyl (C=O) groups excluding carboxylic acids is 1. The largest absolute Gasteiger partial charge is 0.337 e. The van der Waals surface area contributed by atoms with Crippen molar-refractivity contribution in [3.63, 3.8) is 0 Å². The number of aromatic nitrogens is 2. The van der Waals surface area contributed by atoms with Crippen LogP contribution in [0.2, 0.25) is 5.02 Å². The summed E-state index contributed by atoms with van der Waals surface area (Å²) in [4.78, 5) is 19.6. The first-order valence-electron chi connectivity index (χ1n) is 7.39. The number of fused-ring (bicyclic) bond motifs is 1.